The van der Waals surface area contributed by atoms with Crippen molar-refractivity contribution in [2.24, 2.45) is 23.2 Å². The lowest BCUT2D eigenvalue weighted by Crippen LogP contribution is -2.41. The molecule has 0 aromatic rings. The molecule has 0 radical (unpaired) electrons. The predicted octanol–water partition coefficient (Wildman–Crippen LogP) is 1.27. The van der Waals surface area contributed by atoms with Crippen LogP contribution in [0.1, 0.15) is 33.6 Å². The van der Waals surface area contributed by atoms with Crippen molar-refractivity contribution >= 4 is 11.9 Å². The number of carbonyl (C=O) groups excluding carboxylic acids is 1. The van der Waals surface area contributed by atoms with Crippen LogP contribution < -0.4 is 5.32 Å². The molecule has 19 heavy (non-hydrogen) atoms. The number of ether oxygens (including phenoxy) is 1. The lowest BCUT2D eigenvalue weighted by atomic mass is 9.92. The minimum Gasteiger partial charge on any atom is -0.481 e. The SMILES string of the molecule is CC(NC(=O)[C@H]1[C@@H](C(=O)O)C1(C)C)C1CCOCC1. The Hall–Kier alpha value is -1.10. The molecule has 3 atom stereocenters. The fourth-order valence-corrected chi connectivity index (χ4v) is 3.24. The first-order valence-corrected chi connectivity index (χ1v) is 6.96. The zero-order chi connectivity index (χ0) is 14.2. The second-order valence-electron chi connectivity index (χ2n) is 6.36. The number of carboxylic acids is 1. The summed E-state index contributed by atoms with van der Waals surface area (Å²) < 4.78 is 5.31. The predicted molar refractivity (Wildman–Crippen MR) is 69.5 cm³/mol. The summed E-state index contributed by atoms with van der Waals surface area (Å²) in [7, 11) is 0. The molecule has 1 heterocycles. The molecule has 0 aromatic heterocycles. The maximum Gasteiger partial charge on any atom is 0.307 e. The first-order valence-electron chi connectivity index (χ1n) is 6.96. The number of hydrogen-bond acceptors (Lipinski definition) is 3. The van der Waals surface area contributed by atoms with Crippen LogP contribution in [-0.2, 0) is 14.3 Å². The molecule has 1 saturated carbocycles. The smallest absolute Gasteiger partial charge is 0.307 e. The van der Waals surface area contributed by atoms with E-state index < -0.39 is 23.2 Å². The average molecular weight is 269 g/mol. The van der Waals surface area contributed by atoms with Crippen molar-refractivity contribution < 1.29 is 19.4 Å². The standard InChI is InChI=1S/C14H23NO4/c1-8(9-4-6-19-7-5-9)15-12(16)10-11(13(17)18)14(10,2)3/h8-11H,4-7H2,1-3H3,(H,15,16)(H,17,18)/t8?,10-,11+/m1/s1. The monoisotopic (exact) mass is 269 g/mol. The van der Waals surface area contributed by atoms with Gasteiger partial charge < -0.3 is 15.2 Å². The summed E-state index contributed by atoms with van der Waals surface area (Å²) in [5.41, 5.74) is -0.425. The molecule has 1 unspecified atom stereocenters. The van der Waals surface area contributed by atoms with Crippen LogP contribution in [0.5, 0.6) is 0 Å². The highest BCUT2D eigenvalue weighted by Gasteiger charge is 2.65. The summed E-state index contributed by atoms with van der Waals surface area (Å²) in [5.74, 6) is -1.50. The molecule has 5 heteroatoms. The molecule has 108 valence electrons. The number of hydrogen-bond donors (Lipinski definition) is 2. The van der Waals surface area contributed by atoms with Gasteiger partial charge in [-0.3, -0.25) is 9.59 Å². The lowest BCUT2D eigenvalue weighted by molar-refractivity contribution is -0.140. The number of nitrogens with one attached hydrogen (secondary N) is 1. The Labute approximate surface area is 113 Å². The van der Waals surface area contributed by atoms with E-state index in [2.05, 4.69) is 5.32 Å². The van der Waals surface area contributed by atoms with Gasteiger partial charge in [0.05, 0.1) is 11.8 Å². The second-order valence-corrected chi connectivity index (χ2v) is 6.36. The highest BCUT2D eigenvalue weighted by molar-refractivity contribution is 5.91. The van der Waals surface area contributed by atoms with E-state index in [-0.39, 0.29) is 11.9 Å². The zero-order valence-electron chi connectivity index (χ0n) is 11.8. The van der Waals surface area contributed by atoms with Gasteiger partial charge in [0, 0.05) is 19.3 Å². The number of carbonyl (C=O) groups is 2. The molecule has 2 rings (SSSR count). The summed E-state index contributed by atoms with van der Waals surface area (Å²) in [5, 5.41) is 12.1. The Bertz CT molecular complexity index is 374. The van der Waals surface area contributed by atoms with Crippen molar-refractivity contribution in [2.45, 2.75) is 39.7 Å². The summed E-state index contributed by atoms with van der Waals surface area (Å²) in [6.45, 7) is 7.18. The number of amides is 1. The topological polar surface area (TPSA) is 75.6 Å². The maximum atomic E-state index is 12.2. The Morgan fingerprint density at radius 2 is 1.84 bits per heavy atom. The molecule has 2 aliphatic rings. The first kappa shape index (κ1) is 14.3. The highest BCUT2D eigenvalue weighted by atomic mass is 16.5. The Balaban J connectivity index is 1.89. The average Bonchev–Trinajstić information content (AvgIpc) is 2.93. The van der Waals surface area contributed by atoms with E-state index in [4.69, 9.17) is 9.84 Å². The number of rotatable bonds is 4. The quantitative estimate of drug-likeness (QED) is 0.806. The summed E-state index contributed by atoms with van der Waals surface area (Å²) in [6.07, 6.45) is 1.91. The molecular weight excluding hydrogens is 246 g/mol. The van der Waals surface area contributed by atoms with Crippen molar-refractivity contribution in [3.05, 3.63) is 0 Å². The third-order valence-electron chi connectivity index (χ3n) is 4.72. The van der Waals surface area contributed by atoms with Crippen molar-refractivity contribution in [1.82, 2.24) is 5.32 Å². The van der Waals surface area contributed by atoms with E-state index >= 15 is 0 Å². The van der Waals surface area contributed by atoms with Crippen molar-refractivity contribution in [3.8, 4) is 0 Å². The molecule has 2 N–H and O–H groups in total. The number of aliphatic carboxylic acids is 1. The minimum absolute atomic E-state index is 0.0854. The van der Waals surface area contributed by atoms with Crippen molar-refractivity contribution in [1.29, 1.82) is 0 Å². The van der Waals surface area contributed by atoms with Gasteiger partial charge in [0.1, 0.15) is 0 Å². The van der Waals surface area contributed by atoms with Gasteiger partial charge in [0.25, 0.3) is 0 Å². The summed E-state index contributed by atoms with van der Waals surface area (Å²) in [4.78, 5) is 23.3. The molecule has 1 amide bonds. The van der Waals surface area contributed by atoms with Crippen LogP contribution in [0.15, 0.2) is 0 Å². The summed E-state index contributed by atoms with van der Waals surface area (Å²) in [6, 6.07) is 0.0854. The summed E-state index contributed by atoms with van der Waals surface area (Å²) >= 11 is 0. The normalized spacial score (nSPS) is 31.5. The Kier molecular flexibility index (Phi) is 3.85. The van der Waals surface area contributed by atoms with Gasteiger partial charge in [-0.1, -0.05) is 13.8 Å². The molecular formula is C14H23NO4. The van der Waals surface area contributed by atoms with Gasteiger partial charge in [-0.2, -0.15) is 0 Å². The molecule has 0 aromatic carbocycles. The molecule has 1 saturated heterocycles. The van der Waals surface area contributed by atoms with Gasteiger partial charge in [-0.15, -0.1) is 0 Å². The van der Waals surface area contributed by atoms with Crippen LogP contribution in [-0.4, -0.2) is 36.2 Å². The number of carboxylic acid groups (broad SMARTS) is 1. The molecule has 2 fully saturated rings. The van der Waals surface area contributed by atoms with Gasteiger partial charge in [-0.05, 0) is 31.1 Å². The zero-order valence-corrected chi connectivity index (χ0v) is 11.8. The third kappa shape index (κ3) is 2.76. The first-order chi connectivity index (χ1) is 8.85. The Morgan fingerprint density at radius 1 is 1.26 bits per heavy atom. The van der Waals surface area contributed by atoms with Crippen LogP contribution in [0, 0.1) is 23.2 Å². The molecule has 5 nitrogen and oxygen atoms in total. The van der Waals surface area contributed by atoms with Crippen molar-refractivity contribution in [2.75, 3.05) is 13.2 Å². The molecule has 0 bridgehead atoms. The van der Waals surface area contributed by atoms with E-state index in [1.807, 2.05) is 20.8 Å². The molecule has 1 aliphatic carbocycles. The highest BCUT2D eigenvalue weighted by Crippen LogP contribution is 2.58. The van der Waals surface area contributed by atoms with E-state index in [0.29, 0.717) is 5.92 Å². The van der Waals surface area contributed by atoms with Crippen molar-refractivity contribution in [3.63, 3.8) is 0 Å². The van der Waals surface area contributed by atoms with Gasteiger partial charge in [0.15, 0.2) is 0 Å². The molecule has 1 aliphatic heterocycles. The third-order valence-corrected chi connectivity index (χ3v) is 4.72. The lowest BCUT2D eigenvalue weighted by Gasteiger charge is -2.28. The van der Waals surface area contributed by atoms with Crippen LogP contribution in [0.3, 0.4) is 0 Å². The van der Waals surface area contributed by atoms with E-state index in [9.17, 15) is 9.59 Å². The fourth-order valence-electron chi connectivity index (χ4n) is 3.24. The van der Waals surface area contributed by atoms with Gasteiger partial charge in [-0.25, -0.2) is 0 Å². The van der Waals surface area contributed by atoms with Crippen LogP contribution in [0.2, 0.25) is 0 Å². The van der Waals surface area contributed by atoms with E-state index in [0.717, 1.165) is 26.1 Å². The van der Waals surface area contributed by atoms with E-state index in [1.54, 1.807) is 0 Å². The van der Waals surface area contributed by atoms with Crippen LogP contribution >= 0.6 is 0 Å². The van der Waals surface area contributed by atoms with Crippen LogP contribution in [0.25, 0.3) is 0 Å². The largest absolute Gasteiger partial charge is 0.481 e. The Morgan fingerprint density at radius 3 is 2.32 bits per heavy atom. The molecule has 0 spiro atoms. The fraction of sp³-hybridized carbons (Fsp3) is 0.857. The second kappa shape index (κ2) is 5.12. The minimum atomic E-state index is -0.871. The maximum absolute atomic E-state index is 12.2. The van der Waals surface area contributed by atoms with Gasteiger partial charge in [0.2, 0.25) is 5.91 Å². The van der Waals surface area contributed by atoms with Crippen LogP contribution in [0.4, 0.5) is 0 Å². The van der Waals surface area contributed by atoms with Gasteiger partial charge >= 0.3 is 5.97 Å². The van der Waals surface area contributed by atoms with E-state index in [1.165, 1.54) is 0 Å².